The molecule has 0 aliphatic rings. The first kappa shape index (κ1) is 14.8. The van der Waals surface area contributed by atoms with Crippen LogP contribution in [0.15, 0.2) is 40.9 Å². The zero-order chi connectivity index (χ0) is 14.7. The predicted molar refractivity (Wildman–Crippen MR) is 81.1 cm³/mol. The summed E-state index contributed by atoms with van der Waals surface area (Å²) in [5, 5.41) is 2.75. The average molecular weight is 358 g/mol. The SMILES string of the molecule is Nc1cc(C(=O)NCc2ccc(F)c(Cl)c2)ccc1Br. The second-order valence-corrected chi connectivity index (χ2v) is 5.43. The van der Waals surface area contributed by atoms with Crippen molar-refractivity contribution in [3.8, 4) is 0 Å². The van der Waals surface area contributed by atoms with Gasteiger partial charge in [-0.1, -0.05) is 17.7 Å². The van der Waals surface area contributed by atoms with Crippen molar-refractivity contribution in [2.45, 2.75) is 6.54 Å². The first-order chi connectivity index (χ1) is 9.47. The first-order valence-corrected chi connectivity index (χ1v) is 6.91. The molecule has 0 saturated carbocycles. The molecule has 2 rings (SSSR count). The van der Waals surface area contributed by atoms with Crippen LogP contribution in [0.2, 0.25) is 5.02 Å². The van der Waals surface area contributed by atoms with E-state index in [1.165, 1.54) is 12.1 Å². The quantitative estimate of drug-likeness (QED) is 0.822. The Bertz CT molecular complexity index is 664. The molecule has 0 bridgehead atoms. The third-order valence-corrected chi connectivity index (χ3v) is 3.71. The molecule has 1 amide bonds. The van der Waals surface area contributed by atoms with E-state index in [1.807, 2.05) is 0 Å². The van der Waals surface area contributed by atoms with Crippen LogP contribution < -0.4 is 11.1 Å². The fraction of sp³-hybridized carbons (Fsp3) is 0.0714. The summed E-state index contributed by atoms with van der Waals surface area (Å²) in [4.78, 5) is 11.9. The van der Waals surface area contributed by atoms with E-state index in [1.54, 1.807) is 24.3 Å². The van der Waals surface area contributed by atoms with Crippen LogP contribution >= 0.6 is 27.5 Å². The Morgan fingerprint density at radius 1 is 1.30 bits per heavy atom. The summed E-state index contributed by atoms with van der Waals surface area (Å²) in [7, 11) is 0. The number of hydrogen-bond acceptors (Lipinski definition) is 2. The summed E-state index contributed by atoms with van der Waals surface area (Å²) >= 11 is 8.94. The van der Waals surface area contributed by atoms with Gasteiger partial charge in [0, 0.05) is 22.3 Å². The Balaban J connectivity index is 2.04. The third kappa shape index (κ3) is 3.49. The number of halogens is 3. The molecule has 0 unspecified atom stereocenters. The van der Waals surface area contributed by atoms with Crippen molar-refractivity contribution in [1.29, 1.82) is 0 Å². The Hall–Kier alpha value is -1.59. The lowest BCUT2D eigenvalue weighted by atomic mass is 10.1. The number of amides is 1. The maximum atomic E-state index is 13.0. The van der Waals surface area contributed by atoms with E-state index < -0.39 is 5.82 Å². The summed E-state index contributed by atoms with van der Waals surface area (Å²) in [5.41, 5.74) is 7.38. The van der Waals surface area contributed by atoms with Gasteiger partial charge in [0.2, 0.25) is 0 Å². The van der Waals surface area contributed by atoms with Gasteiger partial charge in [0.1, 0.15) is 5.82 Å². The van der Waals surface area contributed by atoms with Crippen LogP contribution in [0.3, 0.4) is 0 Å². The number of carbonyl (C=O) groups excluding carboxylic acids is 1. The monoisotopic (exact) mass is 356 g/mol. The number of hydrogen-bond donors (Lipinski definition) is 2. The van der Waals surface area contributed by atoms with E-state index in [9.17, 15) is 9.18 Å². The Morgan fingerprint density at radius 3 is 2.70 bits per heavy atom. The highest BCUT2D eigenvalue weighted by Gasteiger charge is 2.08. The van der Waals surface area contributed by atoms with Gasteiger partial charge in [-0.3, -0.25) is 4.79 Å². The van der Waals surface area contributed by atoms with Gasteiger partial charge in [-0.2, -0.15) is 0 Å². The number of benzene rings is 2. The zero-order valence-electron chi connectivity index (χ0n) is 10.3. The number of nitrogens with two attached hydrogens (primary N) is 1. The van der Waals surface area contributed by atoms with Crippen LogP contribution in [0.1, 0.15) is 15.9 Å². The largest absolute Gasteiger partial charge is 0.398 e. The van der Waals surface area contributed by atoms with Crippen LogP contribution in [0.25, 0.3) is 0 Å². The van der Waals surface area contributed by atoms with E-state index >= 15 is 0 Å². The predicted octanol–water partition coefficient (Wildman–Crippen LogP) is 3.75. The molecule has 0 aromatic heterocycles. The molecule has 6 heteroatoms. The number of nitrogens with one attached hydrogen (secondary N) is 1. The highest BCUT2D eigenvalue weighted by Crippen LogP contribution is 2.20. The van der Waals surface area contributed by atoms with Crippen molar-refractivity contribution >= 4 is 39.1 Å². The molecule has 0 fully saturated rings. The molecule has 2 aromatic carbocycles. The lowest BCUT2D eigenvalue weighted by Crippen LogP contribution is -2.22. The smallest absolute Gasteiger partial charge is 0.251 e. The van der Waals surface area contributed by atoms with Crippen LogP contribution in [0, 0.1) is 5.82 Å². The molecule has 3 nitrogen and oxygen atoms in total. The van der Waals surface area contributed by atoms with Crippen molar-refractivity contribution in [3.05, 3.63) is 62.8 Å². The molecular formula is C14H11BrClFN2O. The molecular weight excluding hydrogens is 347 g/mol. The molecule has 0 radical (unpaired) electrons. The van der Waals surface area contributed by atoms with Gasteiger partial charge in [0.05, 0.1) is 5.02 Å². The number of nitrogen functional groups attached to an aromatic ring is 1. The fourth-order valence-electron chi connectivity index (χ4n) is 1.62. The minimum Gasteiger partial charge on any atom is -0.398 e. The van der Waals surface area contributed by atoms with Gasteiger partial charge in [-0.15, -0.1) is 0 Å². The zero-order valence-corrected chi connectivity index (χ0v) is 12.6. The molecule has 0 saturated heterocycles. The van der Waals surface area contributed by atoms with E-state index in [-0.39, 0.29) is 17.5 Å². The lowest BCUT2D eigenvalue weighted by Gasteiger charge is -2.07. The minimum atomic E-state index is -0.484. The molecule has 0 atom stereocenters. The maximum Gasteiger partial charge on any atom is 0.251 e. The van der Waals surface area contributed by atoms with Crippen LogP contribution in [-0.2, 0) is 6.54 Å². The first-order valence-electron chi connectivity index (χ1n) is 5.74. The number of rotatable bonds is 3. The van der Waals surface area contributed by atoms with Gasteiger partial charge < -0.3 is 11.1 Å². The Morgan fingerprint density at radius 2 is 2.05 bits per heavy atom. The molecule has 2 aromatic rings. The Labute approximate surface area is 129 Å². The lowest BCUT2D eigenvalue weighted by molar-refractivity contribution is 0.0951. The molecule has 0 aliphatic carbocycles. The number of anilines is 1. The second-order valence-electron chi connectivity index (χ2n) is 4.17. The normalized spacial score (nSPS) is 10.3. The van der Waals surface area contributed by atoms with Crippen LogP contribution in [0.5, 0.6) is 0 Å². The van der Waals surface area contributed by atoms with E-state index in [0.717, 1.165) is 10.0 Å². The molecule has 20 heavy (non-hydrogen) atoms. The topological polar surface area (TPSA) is 55.1 Å². The molecule has 3 N–H and O–H groups in total. The van der Waals surface area contributed by atoms with E-state index in [2.05, 4.69) is 21.2 Å². The van der Waals surface area contributed by atoms with Crippen LogP contribution in [0.4, 0.5) is 10.1 Å². The summed E-state index contributed by atoms with van der Waals surface area (Å²) < 4.78 is 13.7. The molecule has 0 spiro atoms. The highest BCUT2D eigenvalue weighted by molar-refractivity contribution is 9.10. The highest BCUT2D eigenvalue weighted by atomic mass is 79.9. The van der Waals surface area contributed by atoms with Crippen molar-refractivity contribution in [2.24, 2.45) is 0 Å². The molecule has 0 heterocycles. The summed E-state index contributed by atoms with van der Waals surface area (Å²) in [6.07, 6.45) is 0. The van der Waals surface area contributed by atoms with Crippen molar-refractivity contribution in [2.75, 3.05) is 5.73 Å². The number of carbonyl (C=O) groups is 1. The standard InChI is InChI=1S/C14H11BrClFN2O/c15-10-3-2-9(6-13(10)18)14(20)19-7-8-1-4-12(17)11(16)5-8/h1-6H,7,18H2,(H,19,20). The van der Waals surface area contributed by atoms with Gasteiger partial charge in [0.25, 0.3) is 5.91 Å². The van der Waals surface area contributed by atoms with E-state index in [0.29, 0.717) is 11.3 Å². The third-order valence-electron chi connectivity index (χ3n) is 2.70. The fourth-order valence-corrected chi connectivity index (χ4v) is 2.07. The molecule has 0 aliphatic heterocycles. The van der Waals surface area contributed by atoms with Crippen molar-refractivity contribution < 1.29 is 9.18 Å². The summed E-state index contributed by atoms with van der Waals surface area (Å²) in [5.74, 6) is -0.743. The van der Waals surface area contributed by atoms with Crippen molar-refractivity contribution in [3.63, 3.8) is 0 Å². The maximum absolute atomic E-state index is 13.0. The average Bonchev–Trinajstić information content (AvgIpc) is 2.43. The van der Waals surface area contributed by atoms with E-state index in [4.69, 9.17) is 17.3 Å². The van der Waals surface area contributed by atoms with Gasteiger partial charge in [-0.25, -0.2) is 4.39 Å². The summed E-state index contributed by atoms with van der Waals surface area (Å²) in [6.45, 7) is 0.259. The summed E-state index contributed by atoms with van der Waals surface area (Å²) in [6, 6.07) is 9.26. The van der Waals surface area contributed by atoms with Gasteiger partial charge in [0.15, 0.2) is 0 Å². The Kier molecular flexibility index (Phi) is 4.62. The van der Waals surface area contributed by atoms with Gasteiger partial charge in [-0.05, 0) is 51.8 Å². The van der Waals surface area contributed by atoms with Crippen molar-refractivity contribution in [1.82, 2.24) is 5.32 Å². The minimum absolute atomic E-state index is 0.0321. The molecule has 104 valence electrons. The second kappa shape index (κ2) is 6.24. The van der Waals surface area contributed by atoms with Crippen LogP contribution in [-0.4, -0.2) is 5.91 Å². The van der Waals surface area contributed by atoms with Gasteiger partial charge >= 0.3 is 0 Å².